The van der Waals surface area contributed by atoms with E-state index in [-0.39, 0.29) is 22.9 Å². The number of nitro groups is 1. The second kappa shape index (κ2) is 8.05. The minimum absolute atomic E-state index is 0.0187. The number of amides is 2. The molecule has 2 amide bonds. The van der Waals surface area contributed by atoms with Crippen LogP contribution in [0.1, 0.15) is 55.8 Å². The van der Waals surface area contributed by atoms with E-state index in [9.17, 15) is 19.7 Å². The van der Waals surface area contributed by atoms with E-state index in [1.807, 2.05) is 4.90 Å². The molecule has 1 aliphatic heterocycles. The highest BCUT2D eigenvalue weighted by Crippen LogP contribution is 2.59. The fraction of sp³-hybridized carbons (Fsp3) is 0.667. The molecule has 0 radical (unpaired) electrons. The van der Waals surface area contributed by atoms with Crippen LogP contribution in [-0.2, 0) is 4.79 Å². The SMILES string of the molecule is CC(=O)N1CCN(c2ccc(C(=O)NCC34CC5CC(CC(C5)C3)C4)cc2[N+](=O)[O-])CC1. The smallest absolute Gasteiger partial charge is 0.293 e. The summed E-state index contributed by atoms with van der Waals surface area (Å²) in [4.78, 5) is 39.5. The lowest BCUT2D eigenvalue weighted by atomic mass is 9.49. The first-order valence-electron chi connectivity index (χ1n) is 11.9. The summed E-state index contributed by atoms with van der Waals surface area (Å²) in [5, 5.41) is 14.9. The van der Waals surface area contributed by atoms with E-state index in [1.54, 1.807) is 17.0 Å². The van der Waals surface area contributed by atoms with Crippen LogP contribution in [0.25, 0.3) is 0 Å². The zero-order valence-electron chi connectivity index (χ0n) is 18.7. The first-order chi connectivity index (χ1) is 15.3. The van der Waals surface area contributed by atoms with E-state index in [4.69, 9.17) is 0 Å². The number of hydrogen-bond donors (Lipinski definition) is 1. The summed E-state index contributed by atoms with van der Waals surface area (Å²) in [6.07, 6.45) is 7.73. The van der Waals surface area contributed by atoms with E-state index in [0.29, 0.717) is 44.0 Å². The highest BCUT2D eigenvalue weighted by atomic mass is 16.6. The molecule has 8 heteroatoms. The van der Waals surface area contributed by atoms with E-state index in [0.717, 1.165) is 17.8 Å². The summed E-state index contributed by atoms with van der Waals surface area (Å²) in [7, 11) is 0. The van der Waals surface area contributed by atoms with Crippen LogP contribution in [0, 0.1) is 33.3 Å². The highest BCUT2D eigenvalue weighted by molar-refractivity contribution is 5.95. The molecule has 0 unspecified atom stereocenters. The second-order valence-corrected chi connectivity index (χ2v) is 10.6. The number of hydrogen-bond acceptors (Lipinski definition) is 5. The van der Waals surface area contributed by atoms with E-state index >= 15 is 0 Å². The number of carbonyl (C=O) groups is 2. The van der Waals surface area contributed by atoms with Crippen LogP contribution in [0.5, 0.6) is 0 Å². The molecule has 0 aromatic heterocycles. The Hall–Kier alpha value is -2.64. The lowest BCUT2D eigenvalue weighted by Crippen LogP contribution is -2.51. The van der Waals surface area contributed by atoms with Crippen molar-refractivity contribution in [3.63, 3.8) is 0 Å². The van der Waals surface area contributed by atoms with Crippen LogP contribution in [-0.4, -0.2) is 54.4 Å². The van der Waals surface area contributed by atoms with Crippen LogP contribution >= 0.6 is 0 Å². The zero-order chi connectivity index (χ0) is 22.5. The number of nitrogens with zero attached hydrogens (tertiary/aromatic N) is 3. The van der Waals surface area contributed by atoms with Gasteiger partial charge in [0.05, 0.1) is 4.92 Å². The van der Waals surface area contributed by atoms with Gasteiger partial charge >= 0.3 is 0 Å². The van der Waals surface area contributed by atoms with Gasteiger partial charge in [-0.3, -0.25) is 19.7 Å². The molecule has 4 bridgehead atoms. The Morgan fingerprint density at radius 3 is 2.19 bits per heavy atom. The molecule has 1 aromatic carbocycles. The molecule has 5 aliphatic rings. The average Bonchev–Trinajstić information content (AvgIpc) is 2.76. The lowest BCUT2D eigenvalue weighted by Gasteiger charge is -2.56. The van der Waals surface area contributed by atoms with Crippen molar-refractivity contribution >= 4 is 23.2 Å². The molecule has 0 spiro atoms. The molecular formula is C24H32N4O4. The summed E-state index contributed by atoms with van der Waals surface area (Å²) in [5.41, 5.74) is 1.03. The lowest BCUT2D eigenvalue weighted by molar-refractivity contribution is -0.384. The zero-order valence-corrected chi connectivity index (χ0v) is 18.7. The van der Waals surface area contributed by atoms with Gasteiger partial charge < -0.3 is 15.1 Å². The topological polar surface area (TPSA) is 95.8 Å². The molecule has 1 heterocycles. The standard InChI is InChI=1S/C24H32N4O4/c1-16(29)26-4-6-27(7-5-26)21-3-2-20(11-22(21)28(31)32)23(30)25-15-24-12-17-8-18(13-24)10-19(9-17)14-24/h2-3,11,17-19H,4-10,12-15H2,1H3,(H,25,30). The Morgan fingerprint density at radius 2 is 1.66 bits per heavy atom. The summed E-state index contributed by atoms with van der Waals surface area (Å²) < 4.78 is 0. The number of carbonyl (C=O) groups excluding carboxylic acids is 2. The number of nitrogens with one attached hydrogen (secondary N) is 1. The van der Waals surface area contributed by atoms with Gasteiger partial charge in [0.15, 0.2) is 0 Å². The van der Waals surface area contributed by atoms with Gasteiger partial charge in [0.25, 0.3) is 11.6 Å². The van der Waals surface area contributed by atoms with Crippen molar-refractivity contribution < 1.29 is 14.5 Å². The van der Waals surface area contributed by atoms with Gasteiger partial charge in [0, 0.05) is 51.3 Å². The first kappa shape index (κ1) is 21.2. The molecule has 0 atom stereocenters. The van der Waals surface area contributed by atoms with Gasteiger partial charge in [-0.1, -0.05) is 0 Å². The monoisotopic (exact) mass is 440 g/mol. The van der Waals surface area contributed by atoms with E-state index in [2.05, 4.69) is 5.32 Å². The minimum Gasteiger partial charge on any atom is -0.362 e. The largest absolute Gasteiger partial charge is 0.362 e. The summed E-state index contributed by atoms with van der Waals surface area (Å²) in [5.74, 6) is 2.26. The molecular weight excluding hydrogens is 408 g/mol. The molecule has 172 valence electrons. The Morgan fingerprint density at radius 1 is 1.06 bits per heavy atom. The van der Waals surface area contributed by atoms with Crippen LogP contribution in [0.3, 0.4) is 0 Å². The Labute approximate surface area is 188 Å². The van der Waals surface area contributed by atoms with Crippen LogP contribution < -0.4 is 10.2 Å². The Kier molecular flexibility index (Phi) is 5.34. The molecule has 32 heavy (non-hydrogen) atoms. The summed E-state index contributed by atoms with van der Waals surface area (Å²) in [6, 6.07) is 4.78. The molecule has 1 N–H and O–H groups in total. The van der Waals surface area contributed by atoms with Crippen molar-refractivity contribution in [1.29, 1.82) is 0 Å². The molecule has 5 fully saturated rings. The third kappa shape index (κ3) is 3.95. The Bertz CT molecular complexity index is 903. The van der Waals surface area contributed by atoms with Crippen molar-refractivity contribution in [3.8, 4) is 0 Å². The predicted molar refractivity (Wildman–Crippen MR) is 121 cm³/mol. The van der Waals surface area contributed by atoms with Gasteiger partial charge in [0.1, 0.15) is 5.69 Å². The van der Waals surface area contributed by atoms with Crippen LogP contribution in [0.15, 0.2) is 18.2 Å². The van der Waals surface area contributed by atoms with E-state index in [1.165, 1.54) is 51.5 Å². The minimum atomic E-state index is -0.414. The van der Waals surface area contributed by atoms with Crippen molar-refractivity contribution in [3.05, 3.63) is 33.9 Å². The third-order valence-electron chi connectivity index (χ3n) is 8.29. The molecule has 1 saturated heterocycles. The Balaban J connectivity index is 1.27. The number of benzene rings is 1. The van der Waals surface area contributed by atoms with Crippen molar-refractivity contribution in [2.45, 2.75) is 45.4 Å². The van der Waals surface area contributed by atoms with Crippen LogP contribution in [0.2, 0.25) is 0 Å². The average molecular weight is 441 g/mol. The molecule has 6 rings (SSSR count). The van der Waals surface area contributed by atoms with Gasteiger partial charge in [-0.15, -0.1) is 0 Å². The van der Waals surface area contributed by atoms with Gasteiger partial charge in [-0.2, -0.15) is 0 Å². The van der Waals surface area contributed by atoms with Crippen molar-refractivity contribution in [2.75, 3.05) is 37.6 Å². The number of anilines is 1. The molecule has 8 nitrogen and oxygen atoms in total. The van der Waals surface area contributed by atoms with Gasteiger partial charge in [0.2, 0.25) is 5.91 Å². The van der Waals surface area contributed by atoms with Gasteiger partial charge in [-0.25, -0.2) is 0 Å². The molecule has 4 aliphatic carbocycles. The first-order valence-corrected chi connectivity index (χ1v) is 11.9. The maximum atomic E-state index is 12.9. The molecule has 1 aromatic rings. The van der Waals surface area contributed by atoms with Crippen molar-refractivity contribution in [2.24, 2.45) is 23.2 Å². The highest BCUT2D eigenvalue weighted by Gasteiger charge is 2.50. The van der Waals surface area contributed by atoms with E-state index < -0.39 is 4.92 Å². The maximum Gasteiger partial charge on any atom is 0.293 e. The number of rotatable bonds is 5. The normalized spacial score (nSPS) is 31.0. The second-order valence-electron chi connectivity index (χ2n) is 10.6. The van der Waals surface area contributed by atoms with Gasteiger partial charge in [-0.05, 0) is 73.8 Å². The predicted octanol–water partition coefficient (Wildman–Crippen LogP) is 3.21. The summed E-state index contributed by atoms with van der Waals surface area (Å²) >= 11 is 0. The third-order valence-corrected chi connectivity index (χ3v) is 8.29. The fourth-order valence-corrected chi connectivity index (χ4v) is 7.22. The quantitative estimate of drug-likeness (QED) is 0.560. The number of piperazine rings is 1. The van der Waals surface area contributed by atoms with Crippen LogP contribution in [0.4, 0.5) is 11.4 Å². The summed E-state index contributed by atoms with van der Waals surface area (Å²) in [6.45, 7) is 4.38. The number of nitro benzene ring substituents is 1. The van der Waals surface area contributed by atoms with Crippen molar-refractivity contribution in [1.82, 2.24) is 10.2 Å². The molecule has 4 saturated carbocycles. The fourth-order valence-electron chi connectivity index (χ4n) is 7.22. The maximum absolute atomic E-state index is 12.9.